The highest BCUT2D eigenvalue weighted by Gasteiger charge is 2.20. The molecule has 2 aromatic carbocycles. The summed E-state index contributed by atoms with van der Waals surface area (Å²) in [6.45, 7) is 2.93. The number of benzene rings is 2. The maximum atomic E-state index is 12.2. The first-order chi connectivity index (χ1) is 12.9. The summed E-state index contributed by atoms with van der Waals surface area (Å²) < 4.78 is 5.17. The van der Waals surface area contributed by atoms with Crippen LogP contribution in [0.2, 0.25) is 0 Å². The zero-order valence-electron chi connectivity index (χ0n) is 14.8. The number of para-hydroxylation sites is 2. The van der Waals surface area contributed by atoms with Crippen LogP contribution < -0.4 is 5.32 Å². The number of amides is 1. The van der Waals surface area contributed by atoms with E-state index in [4.69, 9.17) is 4.74 Å². The van der Waals surface area contributed by atoms with Crippen LogP contribution in [0.3, 0.4) is 0 Å². The molecule has 1 N–H and O–H groups in total. The molecule has 1 amide bonds. The van der Waals surface area contributed by atoms with E-state index in [9.17, 15) is 14.4 Å². The van der Waals surface area contributed by atoms with Crippen LogP contribution >= 0.6 is 0 Å². The van der Waals surface area contributed by atoms with Gasteiger partial charge in [0.2, 0.25) is 0 Å². The molecule has 0 radical (unpaired) electrons. The van der Waals surface area contributed by atoms with Crippen molar-refractivity contribution in [3.05, 3.63) is 66.0 Å². The number of esters is 1. The van der Waals surface area contributed by atoms with Crippen LogP contribution in [0.5, 0.6) is 0 Å². The highest BCUT2D eigenvalue weighted by atomic mass is 16.5. The lowest BCUT2D eigenvalue weighted by Gasteiger charge is -2.13. The van der Waals surface area contributed by atoms with Gasteiger partial charge in [0.1, 0.15) is 0 Å². The molecule has 0 bridgehead atoms. The fourth-order valence-electron chi connectivity index (χ4n) is 2.36. The van der Waals surface area contributed by atoms with Gasteiger partial charge in [-0.1, -0.05) is 12.1 Å². The van der Waals surface area contributed by atoms with Crippen LogP contribution in [-0.4, -0.2) is 33.7 Å². The maximum absolute atomic E-state index is 12.2. The minimum Gasteiger partial charge on any atom is -0.448 e. The highest BCUT2D eigenvalue weighted by molar-refractivity contribution is 5.98. The average Bonchev–Trinajstić information content (AvgIpc) is 2.67. The first-order valence-electron chi connectivity index (χ1n) is 8.28. The third-order valence-electron chi connectivity index (χ3n) is 3.87. The van der Waals surface area contributed by atoms with Crippen molar-refractivity contribution in [1.29, 1.82) is 0 Å². The summed E-state index contributed by atoms with van der Waals surface area (Å²) in [7, 11) is 0. The average molecular weight is 363 g/mol. The molecule has 3 rings (SSSR count). The monoisotopic (exact) mass is 363 g/mol. The fourth-order valence-corrected chi connectivity index (χ4v) is 2.36. The number of aromatic nitrogens is 2. The number of carbonyl (C=O) groups excluding carboxylic acids is 3. The van der Waals surface area contributed by atoms with E-state index in [2.05, 4.69) is 15.3 Å². The minimum absolute atomic E-state index is 0.0270. The van der Waals surface area contributed by atoms with Crippen molar-refractivity contribution in [3.63, 3.8) is 0 Å². The number of rotatable bonds is 5. The van der Waals surface area contributed by atoms with E-state index in [1.165, 1.54) is 20.0 Å². The smallest absolute Gasteiger partial charge is 0.359 e. The molecule has 0 saturated heterocycles. The molecule has 0 aliphatic rings. The molecule has 0 fully saturated rings. The predicted molar refractivity (Wildman–Crippen MR) is 99.5 cm³/mol. The van der Waals surface area contributed by atoms with E-state index in [-0.39, 0.29) is 11.5 Å². The van der Waals surface area contributed by atoms with Gasteiger partial charge in [-0.2, -0.15) is 0 Å². The molecule has 136 valence electrons. The SMILES string of the molecule is CC(=O)c1ccc(NC(=O)C(C)OC(=O)c2cnc3ccccc3n2)cc1. The van der Waals surface area contributed by atoms with Crippen molar-refractivity contribution in [2.24, 2.45) is 0 Å². The Kier molecular flexibility index (Phi) is 5.21. The number of ether oxygens (including phenoxy) is 1. The number of anilines is 1. The number of hydrogen-bond acceptors (Lipinski definition) is 6. The quantitative estimate of drug-likeness (QED) is 0.553. The Balaban J connectivity index is 1.64. The Morgan fingerprint density at radius 2 is 1.67 bits per heavy atom. The first kappa shape index (κ1) is 18.2. The second kappa shape index (κ2) is 7.74. The molecular weight excluding hydrogens is 346 g/mol. The van der Waals surface area contributed by atoms with Gasteiger partial charge in [0.15, 0.2) is 17.6 Å². The van der Waals surface area contributed by atoms with Gasteiger partial charge < -0.3 is 10.1 Å². The van der Waals surface area contributed by atoms with E-state index in [0.717, 1.165) is 0 Å². The molecule has 7 nitrogen and oxygen atoms in total. The molecule has 0 aliphatic heterocycles. The van der Waals surface area contributed by atoms with Crippen LogP contribution in [0.4, 0.5) is 5.69 Å². The van der Waals surface area contributed by atoms with E-state index in [1.54, 1.807) is 42.5 Å². The molecule has 0 spiro atoms. The minimum atomic E-state index is -1.03. The van der Waals surface area contributed by atoms with Crippen LogP contribution in [0.1, 0.15) is 34.7 Å². The van der Waals surface area contributed by atoms with Gasteiger partial charge >= 0.3 is 5.97 Å². The number of nitrogens with one attached hydrogen (secondary N) is 1. The summed E-state index contributed by atoms with van der Waals surface area (Å²) in [6.07, 6.45) is 0.286. The Labute approximate surface area is 155 Å². The van der Waals surface area contributed by atoms with Crippen molar-refractivity contribution in [2.45, 2.75) is 20.0 Å². The van der Waals surface area contributed by atoms with Gasteiger partial charge in [0, 0.05) is 11.3 Å². The lowest BCUT2D eigenvalue weighted by molar-refractivity contribution is -0.123. The van der Waals surface area contributed by atoms with Crippen molar-refractivity contribution in [3.8, 4) is 0 Å². The third kappa shape index (κ3) is 4.33. The molecule has 3 aromatic rings. The van der Waals surface area contributed by atoms with Gasteiger partial charge in [-0.3, -0.25) is 14.6 Å². The molecular formula is C20H17N3O4. The zero-order valence-corrected chi connectivity index (χ0v) is 14.8. The second-order valence-electron chi connectivity index (χ2n) is 5.91. The summed E-state index contributed by atoms with van der Waals surface area (Å²) in [5, 5.41) is 2.63. The summed E-state index contributed by atoms with van der Waals surface area (Å²) in [5.41, 5.74) is 2.29. The Morgan fingerprint density at radius 1 is 1.00 bits per heavy atom. The van der Waals surface area contributed by atoms with Crippen LogP contribution in [0, 0.1) is 0 Å². The lowest BCUT2D eigenvalue weighted by Crippen LogP contribution is -2.30. The number of nitrogens with zero attached hydrogens (tertiary/aromatic N) is 2. The van der Waals surface area contributed by atoms with E-state index in [1.807, 2.05) is 6.07 Å². The summed E-state index contributed by atoms with van der Waals surface area (Å²) in [5.74, 6) is -1.29. The molecule has 0 saturated carbocycles. The van der Waals surface area contributed by atoms with Crippen molar-refractivity contribution < 1.29 is 19.1 Å². The van der Waals surface area contributed by atoms with E-state index >= 15 is 0 Å². The van der Waals surface area contributed by atoms with Gasteiger partial charge in [-0.15, -0.1) is 0 Å². The van der Waals surface area contributed by atoms with Crippen LogP contribution in [0.25, 0.3) is 11.0 Å². The number of carbonyl (C=O) groups is 3. The second-order valence-corrected chi connectivity index (χ2v) is 5.91. The number of hydrogen-bond donors (Lipinski definition) is 1. The summed E-state index contributed by atoms with van der Waals surface area (Å²) in [6, 6.07) is 13.6. The molecule has 7 heteroatoms. The first-order valence-corrected chi connectivity index (χ1v) is 8.28. The number of ketones is 1. The third-order valence-corrected chi connectivity index (χ3v) is 3.87. The van der Waals surface area contributed by atoms with Crippen LogP contribution in [0.15, 0.2) is 54.7 Å². The van der Waals surface area contributed by atoms with Crippen molar-refractivity contribution in [2.75, 3.05) is 5.32 Å². The van der Waals surface area contributed by atoms with Gasteiger partial charge in [0.25, 0.3) is 5.91 Å². The normalized spacial score (nSPS) is 11.6. The Bertz CT molecular complexity index is 1020. The molecule has 1 unspecified atom stereocenters. The van der Waals surface area contributed by atoms with Crippen molar-refractivity contribution in [1.82, 2.24) is 9.97 Å². The number of fused-ring (bicyclic) bond motifs is 1. The Hall–Kier alpha value is -3.61. The zero-order chi connectivity index (χ0) is 19.4. The van der Waals surface area contributed by atoms with E-state index in [0.29, 0.717) is 22.3 Å². The van der Waals surface area contributed by atoms with Crippen molar-refractivity contribution >= 4 is 34.4 Å². The molecule has 1 atom stereocenters. The molecule has 0 aliphatic carbocycles. The highest BCUT2D eigenvalue weighted by Crippen LogP contribution is 2.12. The Morgan fingerprint density at radius 3 is 2.33 bits per heavy atom. The summed E-state index contributed by atoms with van der Waals surface area (Å²) >= 11 is 0. The fraction of sp³-hybridized carbons (Fsp3) is 0.150. The largest absolute Gasteiger partial charge is 0.448 e. The number of Topliss-reactive ketones (excluding diaryl/α,β-unsaturated/α-hetero) is 1. The molecule has 1 aromatic heterocycles. The summed E-state index contributed by atoms with van der Waals surface area (Å²) in [4.78, 5) is 44.1. The van der Waals surface area contributed by atoms with E-state index < -0.39 is 18.0 Å². The van der Waals surface area contributed by atoms with Gasteiger partial charge in [-0.25, -0.2) is 9.78 Å². The molecule has 27 heavy (non-hydrogen) atoms. The lowest BCUT2D eigenvalue weighted by atomic mass is 10.1. The standard InChI is InChI=1S/C20H17N3O4/c1-12(24)14-7-9-15(10-8-14)22-19(25)13(2)27-20(26)18-11-21-16-5-3-4-6-17(16)23-18/h3-11,13H,1-2H3,(H,22,25). The van der Waals surface area contributed by atoms with Crippen LogP contribution in [-0.2, 0) is 9.53 Å². The predicted octanol–water partition coefficient (Wildman–Crippen LogP) is 3.02. The molecule has 1 heterocycles. The van der Waals surface area contributed by atoms with Gasteiger partial charge in [-0.05, 0) is 50.2 Å². The maximum Gasteiger partial charge on any atom is 0.359 e. The topological polar surface area (TPSA) is 98.2 Å². The van der Waals surface area contributed by atoms with Gasteiger partial charge in [0.05, 0.1) is 17.2 Å².